The molecule has 4 nitrogen and oxygen atoms in total. The van der Waals surface area contributed by atoms with Gasteiger partial charge in [-0.05, 0) is 23.7 Å². The Hall–Kier alpha value is -2.25. The molecule has 0 amide bonds. The topological polar surface area (TPSA) is 62.2 Å². The van der Waals surface area contributed by atoms with Gasteiger partial charge in [0.2, 0.25) is 0 Å². The number of pyridine rings is 1. The number of aromatic nitrogens is 1. The molecular weight excluding hydrogens is 357 g/mol. The second-order valence-electron chi connectivity index (χ2n) is 6.27. The molecule has 7 heteroatoms. The van der Waals surface area contributed by atoms with Crippen LogP contribution in [0.2, 0.25) is 0 Å². The number of Topliss-reactive ketones (excluding diaryl/α,β-unsaturated/α-hetero) is 1. The van der Waals surface area contributed by atoms with Crippen molar-refractivity contribution in [1.82, 2.24) is 10.3 Å². The van der Waals surface area contributed by atoms with Crippen molar-refractivity contribution in [3.63, 3.8) is 0 Å². The molecule has 0 saturated heterocycles. The number of ketones is 1. The zero-order chi connectivity index (χ0) is 19.8. The van der Waals surface area contributed by atoms with E-state index >= 15 is 0 Å². The summed E-state index contributed by atoms with van der Waals surface area (Å²) in [6.07, 6.45) is -3.44. The highest BCUT2D eigenvalue weighted by atomic mass is 19.3. The Morgan fingerprint density at radius 2 is 1.81 bits per heavy atom. The monoisotopic (exact) mass is 380 g/mol. The zero-order valence-corrected chi connectivity index (χ0v) is 15.0. The lowest BCUT2D eigenvalue weighted by Crippen LogP contribution is -2.22. The van der Waals surface area contributed by atoms with E-state index < -0.39 is 37.3 Å². The molecule has 2 aromatic rings. The predicted octanol–water partition coefficient (Wildman–Crippen LogP) is 3.70. The standard InChI is InChI=1S/C20H23F3N2O2/c1-2-24-12-17-8-7-15(11-25-17)13-3-5-14(6-4-13)19(27)16(10-21)9-18(26)20(22)23/h3-8,11,16,19-20,24,27H,2,9-10,12H2,1H3/t16-,19-/m1/s1. The average molecular weight is 380 g/mol. The van der Waals surface area contributed by atoms with Crippen LogP contribution >= 0.6 is 0 Å². The molecule has 146 valence electrons. The van der Waals surface area contributed by atoms with Crippen molar-refractivity contribution in [2.45, 2.75) is 32.4 Å². The van der Waals surface area contributed by atoms with Gasteiger partial charge in [-0.25, -0.2) is 8.78 Å². The largest absolute Gasteiger partial charge is 0.388 e. The average Bonchev–Trinajstić information content (AvgIpc) is 2.70. The second kappa shape index (κ2) is 10.2. The number of nitrogens with zero attached hydrogens (tertiary/aromatic N) is 1. The number of rotatable bonds is 10. The van der Waals surface area contributed by atoms with Crippen molar-refractivity contribution in [3.05, 3.63) is 53.9 Å². The lowest BCUT2D eigenvalue weighted by molar-refractivity contribution is -0.131. The first-order valence-corrected chi connectivity index (χ1v) is 8.77. The summed E-state index contributed by atoms with van der Waals surface area (Å²) in [5.41, 5.74) is 3.03. The summed E-state index contributed by atoms with van der Waals surface area (Å²) in [7, 11) is 0. The number of hydrogen-bond donors (Lipinski definition) is 2. The molecule has 2 atom stereocenters. The van der Waals surface area contributed by atoms with Crippen LogP contribution in [0.3, 0.4) is 0 Å². The molecule has 1 heterocycles. The molecular formula is C20H23F3N2O2. The van der Waals surface area contributed by atoms with Gasteiger partial charge in [0.05, 0.1) is 18.5 Å². The highest BCUT2D eigenvalue weighted by Crippen LogP contribution is 2.28. The number of aliphatic hydroxyl groups excluding tert-OH is 1. The minimum Gasteiger partial charge on any atom is -0.388 e. The van der Waals surface area contributed by atoms with E-state index in [1.54, 1.807) is 30.5 Å². The molecule has 0 fully saturated rings. The van der Waals surface area contributed by atoms with Crippen LogP contribution < -0.4 is 5.32 Å². The first-order chi connectivity index (χ1) is 13.0. The van der Waals surface area contributed by atoms with Crippen LogP contribution in [0, 0.1) is 5.92 Å². The van der Waals surface area contributed by atoms with Gasteiger partial charge in [0.15, 0.2) is 5.78 Å². The van der Waals surface area contributed by atoms with E-state index in [9.17, 15) is 23.1 Å². The summed E-state index contributed by atoms with van der Waals surface area (Å²) < 4.78 is 37.8. The van der Waals surface area contributed by atoms with E-state index in [0.29, 0.717) is 12.1 Å². The van der Waals surface area contributed by atoms with Crippen molar-refractivity contribution in [1.29, 1.82) is 0 Å². The van der Waals surface area contributed by atoms with Crippen LogP contribution in [0.1, 0.15) is 30.7 Å². The molecule has 27 heavy (non-hydrogen) atoms. The number of alkyl halides is 3. The van der Waals surface area contributed by atoms with E-state index in [1.165, 1.54) is 0 Å². The van der Waals surface area contributed by atoms with Gasteiger partial charge in [-0.2, -0.15) is 0 Å². The fourth-order valence-corrected chi connectivity index (χ4v) is 2.70. The van der Waals surface area contributed by atoms with Crippen molar-refractivity contribution in [2.75, 3.05) is 13.2 Å². The zero-order valence-electron chi connectivity index (χ0n) is 15.0. The molecule has 0 spiro atoms. The SMILES string of the molecule is CCNCc1ccc(-c2ccc([C@@H](O)[C@@H](CF)CC(=O)C(F)F)cc2)cn1. The van der Waals surface area contributed by atoms with E-state index in [4.69, 9.17) is 0 Å². The van der Waals surface area contributed by atoms with E-state index in [0.717, 1.165) is 23.4 Å². The quantitative estimate of drug-likeness (QED) is 0.660. The highest BCUT2D eigenvalue weighted by Gasteiger charge is 2.27. The van der Waals surface area contributed by atoms with Gasteiger partial charge < -0.3 is 10.4 Å². The number of nitrogens with one attached hydrogen (secondary N) is 1. The fraction of sp³-hybridized carbons (Fsp3) is 0.400. The van der Waals surface area contributed by atoms with Crippen molar-refractivity contribution in [2.24, 2.45) is 5.92 Å². The minimum absolute atomic E-state index is 0.375. The lowest BCUT2D eigenvalue weighted by atomic mass is 9.91. The Labute approximate surface area is 156 Å². The fourth-order valence-electron chi connectivity index (χ4n) is 2.70. The van der Waals surface area contributed by atoms with Gasteiger partial charge in [-0.1, -0.05) is 37.3 Å². The molecule has 0 radical (unpaired) electrons. The molecule has 0 aliphatic carbocycles. The third kappa shape index (κ3) is 5.87. The maximum absolute atomic E-state index is 13.1. The Morgan fingerprint density at radius 3 is 2.33 bits per heavy atom. The highest BCUT2D eigenvalue weighted by molar-refractivity contribution is 5.81. The van der Waals surface area contributed by atoms with Crippen LogP contribution in [0.4, 0.5) is 13.2 Å². The first kappa shape index (κ1) is 21.1. The maximum atomic E-state index is 13.1. The van der Waals surface area contributed by atoms with Gasteiger partial charge >= 0.3 is 0 Å². The summed E-state index contributed by atoms with van der Waals surface area (Å²) in [6.45, 7) is 2.50. The van der Waals surface area contributed by atoms with Crippen molar-refractivity contribution < 1.29 is 23.1 Å². The predicted molar refractivity (Wildman–Crippen MR) is 97.1 cm³/mol. The molecule has 0 unspecified atom stereocenters. The summed E-state index contributed by atoms with van der Waals surface area (Å²) in [6, 6.07) is 10.5. The molecule has 2 N–H and O–H groups in total. The Morgan fingerprint density at radius 1 is 1.15 bits per heavy atom. The van der Waals surface area contributed by atoms with Crippen molar-refractivity contribution in [3.8, 4) is 11.1 Å². The Balaban J connectivity index is 2.08. The number of carbonyl (C=O) groups is 1. The van der Waals surface area contributed by atoms with E-state index in [2.05, 4.69) is 10.3 Å². The van der Waals surface area contributed by atoms with Crippen LogP contribution in [0.25, 0.3) is 11.1 Å². The third-order valence-corrected chi connectivity index (χ3v) is 4.32. The number of carbonyl (C=O) groups excluding carboxylic acids is 1. The summed E-state index contributed by atoms with van der Waals surface area (Å²) in [5.74, 6) is -2.55. The van der Waals surface area contributed by atoms with Gasteiger partial charge in [-0.3, -0.25) is 14.2 Å². The first-order valence-electron chi connectivity index (χ1n) is 8.77. The molecule has 0 aliphatic rings. The van der Waals surface area contributed by atoms with Gasteiger partial charge in [0, 0.05) is 30.6 Å². The maximum Gasteiger partial charge on any atom is 0.295 e. The summed E-state index contributed by atoms with van der Waals surface area (Å²) in [4.78, 5) is 15.5. The number of hydrogen-bond acceptors (Lipinski definition) is 4. The molecule has 0 saturated carbocycles. The number of halogens is 3. The smallest absolute Gasteiger partial charge is 0.295 e. The van der Waals surface area contributed by atoms with Crippen LogP contribution in [-0.2, 0) is 11.3 Å². The van der Waals surface area contributed by atoms with Crippen LogP contribution in [0.5, 0.6) is 0 Å². The van der Waals surface area contributed by atoms with Crippen LogP contribution in [-0.4, -0.2) is 35.5 Å². The Kier molecular flexibility index (Phi) is 7.94. The van der Waals surface area contributed by atoms with Gasteiger partial charge in [0.25, 0.3) is 6.43 Å². The van der Waals surface area contributed by atoms with Gasteiger partial charge in [0.1, 0.15) is 0 Å². The summed E-state index contributed by atoms with van der Waals surface area (Å²) in [5, 5.41) is 13.4. The lowest BCUT2D eigenvalue weighted by Gasteiger charge is -2.20. The van der Waals surface area contributed by atoms with E-state index in [1.807, 2.05) is 19.1 Å². The molecule has 0 bridgehead atoms. The van der Waals surface area contributed by atoms with Crippen LogP contribution in [0.15, 0.2) is 42.6 Å². The molecule has 1 aromatic carbocycles. The normalized spacial score (nSPS) is 13.6. The second-order valence-corrected chi connectivity index (χ2v) is 6.27. The number of benzene rings is 1. The number of aliphatic hydroxyl groups is 1. The molecule has 2 rings (SSSR count). The third-order valence-electron chi connectivity index (χ3n) is 4.32. The summed E-state index contributed by atoms with van der Waals surface area (Å²) >= 11 is 0. The van der Waals surface area contributed by atoms with Gasteiger partial charge in [-0.15, -0.1) is 0 Å². The Bertz CT molecular complexity index is 721. The van der Waals surface area contributed by atoms with E-state index in [-0.39, 0.29) is 0 Å². The minimum atomic E-state index is -3.16. The molecule has 1 aromatic heterocycles. The molecule has 0 aliphatic heterocycles. The van der Waals surface area contributed by atoms with Crippen molar-refractivity contribution >= 4 is 5.78 Å².